The highest BCUT2D eigenvalue weighted by molar-refractivity contribution is 5.57. The third-order valence-electron chi connectivity index (χ3n) is 4.78. The summed E-state index contributed by atoms with van der Waals surface area (Å²) in [6.45, 7) is 2.90. The lowest BCUT2D eigenvalue weighted by Gasteiger charge is -2.37. The van der Waals surface area contributed by atoms with Gasteiger partial charge in [-0.3, -0.25) is 4.98 Å². The highest BCUT2D eigenvalue weighted by Gasteiger charge is 2.26. The second-order valence-corrected chi connectivity index (χ2v) is 6.31. The Morgan fingerprint density at radius 3 is 2.69 bits per heavy atom. The molecule has 0 N–H and O–H groups in total. The van der Waals surface area contributed by atoms with E-state index in [1.807, 2.05) is 12.3 Å². The number of nitrogens with zero attached hydrogens (tertiary/aromatic N) is 4. The van der Waals surface area contributed by atoms with Crippen molar-refractivity contribution in [1.82, 2.24) is 15.0 Å². The highest BCUT2D eigenvalue weighted by atomic mass is 19.1. The SMILES string of the molecule is COc1cc(F)cc(N2CCc3cc(-c4ncccn4)ncc3C2C)c1. The third-order valence-corrected chi connectivity index (χ3v) is 4.78. The summed E-state index contributed by atoms with van der Waals surface area (Å²) in [7, 11) is 1.55. The zero-order chi connectivity index (χ0) is 18.1. The number of rotatable bonds is 3. The Bertz CT molecular complexity index is 932. The van der Waals surface area contributed by atoms with Gasteiger partial charge in [0, 0.05) is 43.0 Å². The average molecular weight is 350 g/mol. The van der Waals surface area contributed by atoms with Crippen LogP contribution in [0.5, 0.6) is 5.75 Å². The molecule has 1 atom stereocenters. The molecule has 0 fully saturated rings. The predicted octanol–water partition coefficient (Wildman–Crippen LogP) is 3.81. The van der Waals surface area contributed by atoms with Gasteiger partial charge in [0.05, 0.1) is 13.2 Å². The Kier molecular flexibility index (Phi) is 4.24. The lowest BCUT2D eigenvalue weighted by Crippen LogP contribution is -2.34. The van der Waals surface area contributed by atoms with Gasteiger partial charge in [-0.25, -0.2) is 14.4 Å². The summed E-state index contributed by atoms with van der Waals surface area (Å²) in [6, 6.07) is 8.73. The van der Waals surface area contributed by atoms with E-state index >= 15 is 0 Å². The Labute approximate surface area is 151 Å². The molecule has 1 aliphatic heterocycles. The quantitative estimate of drug-likeness (QED) is 0.719. The van der Waals surface area contributed by atoms with Crippen molar-refractivity contribution in [1.29, 1.82) is 0 Å². The standard InChI is InChI=1S/C20H19FN4O/c1-13-18-12-24-19(20-22-5-3-6-23-20)8-14(18)4-7-25(13)16-9-15(21)10-17(11-16)26-2/h3,5-6,8-13H,4,7H2,1-2H3. The molecular formula is C20H19FN4O. The van der Waals surface area contributed by atoms with Crippen LogP contribution in [-0.2, 0) is 6.42 Å². The maximum absolute atomic E-state index is 13.9. The van der Waals surface area contributed by atoms with Crippen LogP contribution in [0.1, 0.15) is 24.1 Å². The summed E-state index contributed by atoms with van der Waals surface area (Å²) in [5.74, 6) is 0.847. The number of benzene rings is 1. The minimum atomic E-state index is -0.299. The first kappa shape index (κ1) is 16.4. The molecule has 1 aliphatic rings. The van der Waals surface area contributed by atoms with Crippen LogP contribution in [0.2, 0.25) is 0 Å². The van der Waals surface area contributed by atoms with Crippen molar-refractivity contribution in [3.05, 3.63) is 65.9 Å². The molecule has 0 aliphatic carbocycles. The number of halogens is 1. The molecule has 0 saturated heterocycles. The van der Waals surface area contributed by atoms with E-state index in [-0.39, 0.29) is 11.9 Å². The van der Waals surface area contributed by atoms with Gasteiger partial charge in [0.25, 0.3) is 0 Å². The Balaban J connectivity index is 1.67. The number of aromatic nitrogens is 3. The Morgan fingerprint density at radius 1 is 1.12 bits per heavy atom. The normalized spacial score (nSPS) is 16.3. The van der Waals surface area contributed by atoms with Crippen LogP contribution in [0.4, 0.5) is 10.1 Å². The number of pyridine rings is 1. The fourth-order valence-electron chi connectivity index (χ4n) is 3.44. The molecule has 5 nitrogen and oxygen atoms in total. The summed E-state index contributed by atoms with van der Waals surface area (Å²) in [5, 5.41) is 0. The van der Waals surface area contributed by atoms with E-state index < -0.39 is 0 Å². The van der Waals surface area contributed by atoms with Gasteiger partial charge in [0.1, 0.15) is 17.3 Å². The number of hydrogen-bond donors (Lipinski definition) is 0. The first-order chi connectivity index (χ1) is 12.7. The fraction of sp³-hybridized carbons (Fsp3) is 0.250. The van der Waals surface area contributed by atoms with Crippen LogP contribution < -0.4 is 9.64 Å². The molecule has 4 rings (SSSR count). The largest absolute Gasteiger partial charge is 0.497 e. The number of methoxy groups -OCH3 is 1. The van der Waals surface area contributed by atoms with E-state index in [2.05, 4.69) is 32.8 Å². The summed E-state index contributed by atoms with van der Waals surface area (Å²) in [5.41, 5.74) is 3.96. The molecule has 132 valence electrons. The van der Waals surface area contributed by atoms with Gasteiger partial charge in [-0.15, -0.1) is 0 Å². The summed E-state index contributed by atoms with van der Waals surface area (Å²) in [4.78, 5) is 15.3. The molecule has 0 saturated carbocycles. The minimum Gasteiger partial charge on any atom is -0.497 e. The lowest BCUT2D eigenvalue weighted by molar-refractivity contribution is 0.411. The second-order valence-electron chi connectivity index (χ2n) is 6.31. The Hall–Kier alpha value is -3.02. The number of fused-ring (bicyclic) bond motifs is 1. The molecular weight excluding hydrogens is 331 g/mol. The summed E-state index contributed by atoms with van der Waals surface area (Å²) < 4.78 is 19.1. The van der Waals surface area contributed by atoms with Gasteiger partial charge in [-0.05, 0) is 42.7 Å². The monoisotopic (exact) mass is 350 g/mol. The maximum atomic E-state index is 13.9. The van der Waals surface area contributed by atoms with Crippen molar-refractivity contribution in [2.24, 2.45) is 0 Å². The number of ether oxygens (including phenoxy) is 1. The summed E-state index contributed by atoms with van der Waals surface area (Å²) in [6.07, 6.45) is 6.16. The predicted molar refractivity (Wildman–Crippen MR) is 97.7 cm³/mol. The molecule has 0 amide bonds. The molecule has 2 aromatic heterocycles. The van der Waals surface area contributed by atoms with E-state index in [0.29, 0.717) is 11.6 Å². The van der Waals surface area contributed by atoms with Gasteiger partial charge < -0.3 is 9.64 Å². The molecule has 0 bridgehead atoms. The molecule has 26 heavy (non-hydrogen) atoms. The van der Waals surface area contributed by atoms with E-state index in [4.69, 9.17) is 4.74 Å². The zero-order valence-corrected chi connectivity index (χ0v) is 14.7. The van der Waals surface area contributed by atoms with Crippen molar-refractivity contribution in [3.63, 3.8) is 0 Å². The summed E-state index contributed by atoms with van der Waals surface area (Å²) >= 11 is 0. The molecule has 1 unspecified atom stereocenters. The second kappa shape index (κ2) is 6.71. The van der Waals surface area contributed by atoms with Crippen molar-refractivity contribution < 1.29 is 9.13 Å². The first-order valence-electron chi connectivity index (χ1n) is 8.53. The van der Waals surface area contributed by atoms with E-state index in [9.17, 15) is 4.39 Å². The maximum Gasteiger partial charge on any atom is 0.178 e. The molecule has 6 heteroatoms. The van der Waals surface area contributed by atoms with Crippen LogP contribution >= 0.6 is 0 Å². The van der Waals surface area contributed by atoms with Gasteiger partial charge in [-0.1, -0.05) is 0 Å². The zero-order valence-electron chi connectivity index (χ0n) is 14.7. The smallest absolute Gasteiger partial charge is 0.178 e. The van der Waals surface area contributed by atoms with Crippen LogP contribution in [0.3, 0.4) is 0 Å². The van der Waals surface area contributed by atoms with Crippen LogP contribution in [0.15, 0.2) is 48.9 Å². The molecule has 0 radical (unpaired) electrons. The minimum absolute atomic E-state index is 0.0866. The van der Waals surface area contributed by atoms with Gasteiger partial charge in [-0.2, -0.15) is 0 Å². The van der Waals surface area contributed by atoms with Crippen LogP contribution in [-0.4, -0.2) is 28.6 Å². The first-order valence-corrected chi connectivity index (χ1v) is 8.53. The molecule has 1 aromatic carbocycles. The lowest BCUT2D eigenvalue weighted by atomic mass is 9.94. The Morgan fingerprint density at radius 2 is 1.92 bits per heavy atom. The van der Waals surface area contributed by atoms with Crippen molar-refractivity contribution in [2.75, 3.05) is 18.6 Å². The molecule has 3 aromatic rings. The number of hydrogen-bond acceptors (Lipinski definition) is 5. The highest BCUT2D eigenvalue weighted by Crippen LogP contribution is 2.35. The van der Waals surface area contributed by atoms with E-state index in [0.717, 1.165) is 29.9 Å². The fourth-order valence-corrected chi connectivity index (χ4v) is 3.44. The van der Waals surface area contributed by atoms with Crippen LogP contribution in [0.25, 0.3) is 11.5 Å². The van der Waals surface area contributed by atoms with Gasteiger partial charge in [0.15, 0.2) is 5.82 Å². The van der Waals surface area contributed by atoms with Crippen molar-refractivity contribution >= 4 is 5.69 Å². The average Bonchev–Trinajstić information content (AvgIpc) is 2.68. The van der Waals surface area contributed by atoms with Gasteiger partial charge in [0.2, 0.25) is 0 Å². The van der Waals surface area contributed by atoms with Crippen molar-refractivity contribution in [3.8, 4) is 17.3 Å². The van der Waals surface area contributed by atoms with Gasteiger partial charge >= 0.3 is 0 Å². The van der Waals surface area contributed by atoms with E-state index in [1.165, 1.54) is 11.6 Å². The molecule has 0 spiro atoms. The topological polar surface area (TPSA) is 51.1 Å². The van der Waals surface area contributed by atoms with Crippen LogP contribution in [0, 0.1) is 5.82 Å². The number of anilines is 1. The third kappa shape index (κ3) is 2.98. The van der Waals surface area contributed by atoms with Crippen molar-refractivity contribution in [2.45, 2.75) is 19.4 Å². The van der Waals surface area contributed by atoms with E-state index in [1.54, 1.807) is 31.6 Å². The molecule has 3 heterocycles.